The van der Waals surface area contributed by atoms with E-state index in [0.29, 0.717) is 12.4 Å². The Morgan fingerprint density at radius 2 is 1.86 bits per heavy atom. The van der Waals surface area contributed by atoms with Crippen LogP contribution in [-0.2, 0) is 22.4 Å². The van der Waals surface area contributed by atoms with Gasteiger partial charge in [0.2, 0.25) is 10.0 Å². The van der Waals surface area contributed by atoms with E-state index in [0.717, 1.165) is 16.7 Å². The monoisotopic (exact) mass is 324 g/mol. The average molecular weight is 325 g/mol. The van der Waals surface area contributed by atoms with Gasteiger partial charge in [0, 0.05) is 31.9 Å². The van der Waals surface area contributed by atoms with Gasteiger partial charge in [-0.25, -0.2) is 8.42 Å². The van der Waals surface area contributed by atoms with Crippen molar-refractivity contribution in [3.05, 3.63) is 59.4 Å². The molecule has 0 radical (unpaired) electrons. The van der Waals surface area contributed by atoms with E-state index in [4.69, 9.17) is 11.6 Å². The highest BCUT2D eigenvalue weighted by molar-refractivity contribution is 7.89. The molecule has 0 unspecified atom stereocenters. The van der Waals surface area contributed by atoms with Crippen molar-refractivity contribution in [1.29, 1.82) is 0 Å². The van der Waals surface area contributed by atoms with Gasteiger partial charge in [-0.2, -0.15) is 4.31 Å². The maximum Gasteiger partial charge on any atom is 0.243 e. The number of halogens is 1. The van der Waals surface area contributed by atoms with Crippen LogP contribution in [0.15, 0.2) is 47.6 Å². The second-order valence-electron chi connectivity index (χ2n) is 4.84. The predicted octanol–water partition coefficient (Wildman–Crippen LogP) is 2.95. The molecule has 6 heteroatoms. The lowest BCUT2D eigenvalue weighted by molar-refractivity contribution is 0.466. The number of alkyl halides is 1. The summed E-state index contributed by atoms with van der Waals surface area (Å²) < 4.78 is 26.5. The first-order valence-corrected chi connectivity index (χ1v) is 8.43. The molecule has 0 fully saturated rings. The second-order valence-corrected chi connectivity index (χ2v) is 7.15. The van der Waals surface area contributed by atoms with E-state index in [1.807, 2.05) is 6.92 Å². The van der Waals surface area contributed by atoms with Crippen molar-refractivity contribution < 1.29 is 8.42 Å². The molecule has 0 N–H and O–H groups in total. The highest BCUT2D eigenvalue weighted by atomic mass is 35.5. The Morgan fingerprint density at radius 1 is 1.19 bits per heavy atom. The summed E-state index contributed by atoms with van der Waals surface area (Å²) in [5, 5.41) is 0. The van der Waals surface area contributed by atoms with Crippen molar-refractivity contribution in [2.45, 2.75) is 24.2 Å². The number of hydrogen-bond acceptors (Lipinski definition) is 3. The van der Waals surface area contributed by atoms with E-state index >= 15 is 0 Å². The van der Waals surface area contributed by atoms with Gasteiger partial charge in [-0.15, -0.1) is 11.6 Å². The predicted molar refractivity (Wildman–Crippen MR) is 83.6 cm³/mol. The minimum Gasteiger partial charge on any atom is -0.265 e. The molecule has 2 aromatic rings. The van der Waals surface area contributed by atoms with Gasteiger partial charge in [0.15, 0.2) is 0 Å². The third-order valence-corrected chi connectivity index (χ3v) is 5.41. The van der Waals surface area contributed by atoms with Crippen LogP contribution in [0.3, 0.4) is 0 Å². The molecule has 1 aromatic carbocycles. The van der Waals surface area contributed by atoms with Crippen LogP contribution in [-0.4, -0.2) is 24.8 Å². The summed E-state index contributed by atoms with van der Waals surface area (Å²) in [5.74, 6) is 0.295. The summed E-state index contributed by atoms with van der Waals surface area (Å²) in [7, 11) is -1.97. The van der Waals surface area contributed by atoms with Gasteiger partial charge in [-0.3, -0.25) is 4.98 Å². The Kier molecular flexibility index (Phi) is 4.98. The summed E-state index contributed by atoms with van der Waals surface area (Å²) in [5.41, 5.74) is 2.71. The van der Waals surface area contributed by atoms with E-state index in [9.17, 15) is 8.42 Å². The standard InChI is InChI=1S/C15H17ClN2O2S/c1-12-3-4-15(9-14(12)10-16)21(19,20)18(2)11-13-5-7-17-8-6-13/h3-9H,10-11H2,1-2H3. The Hall–Kier alpha value is -1.43. The zero-order chi connectivity index (χ0) is 15.5. The van der Waals surface area contributed by atoms with Crippen molar-refractivity contribution in [3.8, 4) is 0 Å². The second kappa shape index (κ2) is 6.56. The highest BCUT2D eigenvalue weighted by Crippen LogP contribution is 2.21. The molecule has 1 aromatic heterocycles. The number of rotatable bonds is 5. The lowest BCUT2D eigenvalue weighted by Crippen LogP contribution is -2.26. The van der Waals surface area contributed by atoms with Crippen molar-refractivity contribution >= 4 is 21.6 Å². The van der Waals surface area contributed by atoms with E-state index in [1.54, 1.807) is 49.8 Å². The summed E-state index contributed by atoms with van der Waals surface area (Å²) in [6.45, 7) is 2.21. The number of aromatic nitrogens is 1. The molecule has 112 valence electrons. The van der Waals surface area contributed by atoms with Crippen LogP contribution in [0.25, 0.3) is 0 Å². The van der Waals surface area contributed by atoms with Gasteiger partial charge in [0.05, 0.1) is 4.90 Å². The number of nitrogens with zero attached hydrogens (tertiary/aromatic N) is 2. The molecule has 4 nitrogen and oxygen atoms in total. The van der Waals surface area contributed by atoms with Crippen molar-refractivity contribution in [2.75, 3.05) is 7.05 Å². The van der Waals surface area contributed by atoms with E-state index < -0.39 is 10.0 Å². The fourth-order valence-corrected chi connectivity index (χ4v) is 3.46. The van der Waals surface area contributed by atoms with E-state index in [-0.39, 0.29) is 4.90 Å². The largest absolute Gasteiger partial charge is 0.265 e. The lowest BCUT2D eigenvalue weighted by Gasteiger charge is -2.18. The van der Waals surface area contributed by atoms with Crippen LogP contribution < -0.4 is 0 Å². The number of benzene rings is 1. The molecule has 0 aliphatic carbocycles. The fraction of sp³-hybridized carbons (Fsp3) is 0.267. The van der Waals surface area contributed by atoms with E-state index in [2.05, 4.69) is 4.98 Å². The van der Waals surface area contributed by atoms with Gasteiger partial charge >= 0.3 is 0 Å². The van der Waals surface area contributed by atoms with Crippen molar-refractivity contribution in [3.63, 3.8) is 0 Å². The van der Waals surface area contributed by atoms with E-state index in [1.165, 1.54) is 4.31 Å². The molecule has 21 heavy (non-hydrogen) atoms. The maximum atomic E-state index is 12.6. The topological polar surface area (TPSA) is 50.3 Å². The van der Waals surface area contributed by atoms with Crippen molar-refractivity contribution in [2.24, 2.45) is 0 Å². The Morgan fingerprint density at radius 3 is 2.48 bits per heavy atom. The first-order chi connectivity index (χ1) is 9.95. The molecule has 2 rings (SSSR count). The minimum atomic E-state index is -3.53. The zero-order valence-corrected chi connectivity index (χ0v) is 13.5. The highest BCUT2D eigenvalue weighted by Gasteiger charge is 2.21. The lowest BCUT2D eigenvalue weighted by atomic mass is 10.1. The number of aryl methyl sites for hydroxylation is 1. The smallest absolute Gasteiger partial charge is 0.243 e. The Labute approximate surface area is 130 Å². The van der Waals surface area contributed by atoms with Gasteiger partial charge in [0.25, 0.3) is 0 Å². The molecular weight excluding hydrogens is 308 g/mol. The van der Waals surface area contributed by atoms with Crippen LogP contribution in [0.5, 0.6) is 0 Å². The first-order valence-electron chi connectivity index (χ1n) is 6.46. The van der Waals surface area contributed by atoms with Gasteiger partial charge in [-0.05, 0) is 47.9 Å². The van der Waals surface area contributed by atoms with Crippen LogP contribution in [0, 0.1) is 6.92 Å². The summed E-state index contributed by atoms with van der Waals surface area (Å²) in [6.07, 6.45) is 3.29. The van der Waals surface area contributed by atoms with Crippen molar-refractivity contribution in [1.82, 2.24) is 9.29 Å². The summed E-state index contributed by atoms with van der Waals surface area (Å²) >= 11 is 5.85. The maximum absolute atomic E-state index is 12.6. The Bertz CT molecular complexity index is 718. The van der Waals surface area contributed by atoms with Crippen LogP contribution in [0.1, 0.15) is 16.7 Å². The molecule has 0 bridgehead atoms. The Balaban J connectivity index is 2.29. The molecule has 0 aliphatic rings. The molecule has 0 aliphatic heterocycles. The molecule has 1 heterocycles. The third-order valence-electron chi connectivity index (χ3n) is 3.33. The van der Waals surface area contributed by atoms with Gasteiger partial charge in [0.1, 0.15) is 0 Å². The molecule has 0 atom stereocenters. The van der Waals surface area contributed by atoms with Crippen LogP contribution in [0.2, 0.25) is 0 Å². The number of hydrogen-bond donors (Lipinski definition) is 0. The number of pyridine rings is 1. The molecule has 0 saturated carbocycles. The van der Waals surface area contributed by atoms with Gasteiger partial charge < -0.3 is 0 Å². The minimum absolute atomic E-state index is 0.264. The summed E-state index contributed by atoms with van der Waals surface area (Å²) in [4.78, 5) is 4.19. The zero-order valence-electron chi connectivity index (χ0n) is 12.0. The quantitative estimate of drug-likeness (QED) is 0.794. The number of sulfonamides is 1. The molecule has 0 spiro atoms. The SMILES string of the molecule is Cc1ccc(S(=O)(=O)N(C)Cc2ccncc2)cc1CCl. The van der Waals surface area contributed by atoms with Gasteiger partial charge in [-0.1, -0.05) is 6.07 Å². The summed E-state index contributed by atoms with van der Waals surface area (Å²) in [6, 6.07) is 8.63. The average Bonchev–Trinajstić information content (AvgIpc) is 2.48. The fourth-order valence-electron chi connectivity index (χ4n) is 1.96. The molecule has 0 saturated heterocycles. The molecule has 0 amide bonds. The van der Waals surface area contributed by atoms with Crippen LogP contribution >= 0.6 is 11.6 Å². The normalized spacial score (nSPS) is 11.8. The third kappa shape index (κ3) is 3.61. The van der Waals surface area contributed by atoms with Crippen LogP contribution in [0.4, 0.5) is 0 Å². The molecular formula is C15H17ClN2O2S. The first kappa shape index (κ1) is 15.9.